The molecule has 0 bridgehead atoms. The molecule has 0 atom stereocenters. The lowest BCUT2D eigenvalue weighted by Gasteiger charge is -2.11. The van der Waals surface area contributed by atoms with Crippen LogP contribution in [0.15, 0.2) is 100 Å². The Labute approximate surface area is 232 Å². The number of allylic oxidation sites excluding steroid dienone is 1. The first-order valence-electron chi connectivity index (χ1n) is 11.9. The highest BCUT2D eigenvalue weighted by molar-refractivity contribution is 7.87. The van der Waals surface area contributed by atoms with E-state index in [2.05, 4.69) is 0 Å². The predicted molar refractivity (Wildman–Crippen MR) is 147 cm³/mol. The molecule has 0 radical (unpaired) electrons. The van der Waals surface area contributed by atoms with Gasteiger partial charge in [-0.15, -0.1) is 0 Å². The Morgan fingerprint density at radius 3 is 1.38 bits per heavy atom. The number of nitrogens with zero attached hydrogens (tertiary/aromatic N) is 2. The predicted octanol–water partition coefficient (Wildman–Crippen LogP) is 5.67. The summed E-state index contributed by atoms with van der Waals surface area (Å²) in [6.45, 7) is 3.43. The molecule has 5 rings (SSSR count). The lowest BCUT2D eigenvalue weighted by atomic mass is 9.99. The first-order chi connectivity index (χ1) is 19.1. The second kappa shape index (κ2) is 10.0. The zero-order valence-corrected chi connectivity index (χ0v) is 22.9. The van der Waals surface area contributed by atoms with Crippen molar-refractivity contribution in [3.05, 3.63) is 113 Å². The van der Waals surface area contributed by atoms with E-state index >= 15 is 0 Å². The fraction of sp³-hybridized carbons (Fsp3) is 0.0667. The normalized spacial score (nSPS) is 12.1. The Bertz CT molecular complexity index is 1890. The molecule has 0 aliphatic heterocycles. The highest BCUT2D eigenvalue weighted by Crippen LogP contribution is 2.47. The number of hydrogen-bond acceptors (Lipinski definition) is 8. The Balaban J connectivity index is 1.62. The van der Waals surface area contributed by atoms with Crippen molar-refractivity contribution in [3.8, 4) is 34.8 Å². The zero-order valence-electron chi connectivity index (χ0n) is 21.2. The molecule has 0 unspecified atom stereocenters. The van der Waals surface area contributed by atoms with E-state index in [1.165, 1.54) is 36.4 Å². The van der Waals surface area contributed by atoms with Crippen LogP contribution >= 0.6 is 0 Å². The van der Waals surface area contributed by atoms with E-state index in [9.17, 15) is 27.4 Å². The zero-order chi connectivity index (χ0) is 28.7. The molecule has 0 N–H and O–H groups in total. The number of aryl methyl sites for hydroxylation is 2. The van der Waals surface area contributed by atoms with Gasteiger partial charge in [0.25, 0.3) is 0 Å². The maximum absolute atomic E-state index is 13.2. The number of fused-ring (bicyclic) bond motifs is 3. The van der Waals surface area contributed by atoms with E-state index < -0.39 is 20.2 Å². The second-order valence-electron chi connectivity index (χ2n) is 8.99. The molecule has 10 heteroatoms. The van der Waals surface area contributed by atoms with E-state index in [1.54, 1.807) is 62.4 Å². The Hall–Kier alpha value is -4.90. The third-order valence-corrected chi connectivity index (χ3v) is 8.91. The van der Waals surface area contributed by atoms with Crippen molar-refractivity contribution in [3.63, 3.8) is 0 Å². The maximum Gasteiger partial charge on any atom is 0.339 e. The highest BCUT2D eigenvalue weighted by atomic mass is 32.2. The van der Waals surface area contributed by atoms with Crippen molar-refractivity contribution in [1.82, 2.24) is 0 Å². The fourth-order valence-corrected chi connectivity index (χ4v) is 6.46. The second-order valence-corrected chi connectivity index (χ2v) is 12.1. The van der Waals surface area contributed by atoms with Crippen LogP contribution in [0.4, 0.5) is 0 Å². The van der Waals surface area contributed by atoms with Crippen LogP contribution in [0.5, 0.6) is 11.5 Å². The molecule has 4 aromatic carbocycles. The van der Waals surface area contributed by atoms with Crippen LogP contribution in [0.1, 0.15) is 22.3 Å². The van der Waals surface area contributed by atoms with Gasteiger partial charge in [0.15, 0.2) is 0 Å². The summed E-state index contributed by atoms with van der Waals surface area (Å²) in [6.07, 6.45) is 0. The van der Waals surface area contributed by atoms with E-state index in [0.29, 0.717) is 22.3 Å². The summed E-state index contributed by atoms with van der Waals surface area (Å²) in [6, 6.07) is 25.5. The molecule has 1 aliphatic carbocycles. The van der Waals surface area contributed by atoms with Gasteiger partial charge >= 0.3 is 20.2 Å². The van der Waals surface area contributed by atoms with Crippen LogP contribution in [0.2, 0.25) is 0 Å². The molecule has 40 heavy (non-hydrogen) atoms. The first-order valence-corrected chi connectivity index (χ1v) is 14.7. The van der Waals surface area contributed by atoms with Gasteiger partial charge in [0.2, 0.25) is 0 Å². The fourth-order valence-electron chi connectivity index (χ4n) is 4.42. The van der Waals surface area contributed by atoms with Gasteiger partial charge in [0.05, 0.1) is 0 Å². The first kappa shape index (κ1) is 26.7. The monoisotopic (exact) mass is 568 g/mol. The summed E-state index contributed by atoms with van der Waals surface area (Å²) in [7, 11) is -8.56. The largest absolute Gasteiger partial charge is 0.379 e. The minimum Gasteiger partial charge on any atom is -0.379 e. The molecule has 0 spiro atoms. The van der Waals surface area contributed by atoms with E-state index in [-0.39, 0.29) is 43.6 Å². The molecule has 0 heterocycles. The van der Waals surface area contributed by atoms with Gasteiger partial charge < -0.3 is 8.37 Å². The van der Waals surface area contributed by atoms with Gasteiger partial charge in [-0.2, -0.15) is 27.4 Å². The van der Waals surface area contributed by atoms with Crippen molar-refractivity contribution >= 4 is 25.8 Å². The summed E-state index contributed by atoms with van der Waals surface area (Å²) in [4.78, 5) is -0.378. The van der Waals surface area contributed by atoms with Gasteiger partial charge in [-0.25, -0.2) is 0 Å². The van der Waals surface area contributed by atoms with Crippen molar-refractivity contribution in [2.75, 3.05) is 0 Å². The average Bonchev–Trinajstić information content (AvgIpc) is 3.25. The number of nitriles is 2. The maximum atomic E-state index is 13.2. The molecule has 0 fully saturated rings. The molecule has 198 valence electrons. The number of rotatable bonds is 6. The number of para-hydroxylation sites is 2. The van der Waals surface area contributed by atoms with Crippen LogP contribution in [0.3, 0.4) is 0 Å². The summed E-state index contributed by atoms with van der Waals surface area (Å²) < 4.78 is 63.4. The van der Waals surface area contributed by atoms with E-state index in [0.717, 1.165) is 0 Å². The SMILES string of the molecule is Cc1ccccc1OS(=O)(=O)c1ccc2c(c1)C(=C(C#N)C#N)c1cc(S(=O)(=O)Oc3ccccc3C)ccc1-2. The van der Waals surface area contributed by atoms with Crippen LogP contribution in [-0.2, 0) is 20.2 Å². The minimum atomic E-state index is -4.28. The molecule has 8 nitrogen and oxygen atoms in total. The molecule has 4 aromatic rings. The summed E-state index contributed by atoms with van der Waals surface area (Å²) in [5.41, 5.74) is 2.71. The topological polar surface area (TPSA) is 134 Å². The molecule has 0 saturated carbocycles. The number of benzene rings is 4. The van der Waals surface area contributed by atoms with E-state index in [1.807, 2.05) is 12.1 Å². The van der Waals surface area contributed by atoms with Gasteiger partial charge in [0, 0.05) is 5.57 Å². The van der Waals surface area contributed by atoms with Gasteiger partial charge in [0.1, 0.15) is 39.0 Å². The highest BCUT2D eigenvalue weighted by Gasteiger charge is 2.31. The van der Waals surface area contributed by atoms with Crippen LogP contribution in [0.25, 0.3) is 16.7 Å². The van der Waals surface area contributed by atoms with Crippen LogP contribution < -0.4 is 8.37 Å². The third-order valence-electron chi connectivity index (χ3n) is 6.45. The molecule has 0 aromatic heterocycles. The summed E-state index contributed by atoms with van der Waals surface area (Å²) in [5.74, 6) is 0.334. The summed E-state index contributed by atoms with van der Waals surface area (Å²) >= 11 is 0. The number of hydrogen-bond donors (Lipinski definition) is 0. The quantitative estimate of drug-likeness (QED) is 0.189. The average molecular weight is 569 g/mol. The summed E-state index contributed by atoms with van der Waals surface area (Å²) in [5, 5.41) is 19.5. The van der Waals surface area contributed by atoms with Crippen molar-refractivity contribution in [2.24, 2.45) is 0 Å². The smallest absolute Gasteiger partial charge is 0.339 e. The van der Waals surface area contributed by atoms with Gasteiger partial charge in [-0.1, -0.05) is 48.5 Å². The Morgan fingerprint density at radius 2 is 1.00 bits per heavy atom. The lowest BCUT2D eigenvalue weighted by molar-refractivity contribution is 0.482. The lowest BCUT2D eigenvalue weighted by Crippen LogP contribution is -2.11. The standard InChI is InChI=1S/C30H20N2O6S2/c1-19-7-3-5-9-28(19)37-39(33,34)22-11-13-24-25-14-12-23(40(35,36)38-29-10-6-4-8-20(29)2)16-27(25)30(26(24)15-22)21(17-31)18-32/h3-16H,1-2H3. The van der Waals surface area contributed by atoms with Crippen LogP contribution in [0, 0.1) is 36.5 Å². The molecular weight excluding hydrogens is 548 g/mol. The van der Waals surface area contributed by atoms with Gasteiger partial charge in [-0.3, -0.25) is 0 Å². The molecule has 1 aliphatic rings. The molecule has 0 amide bonds. The minimum absolute atomic E-state index is 0.121. The van der Waals surface area contributed by atoms with Crippen LogP contribution in [-0.4, -0.2) is 16.8 Å². The Kier molecular flexibility index (Phi) is 6.68. The molecular formula is C30H20N2O6S2. The van der Waals surface area contributed by atoms with Crippen molar-refractivity contribution < 1.29 is 25.2 Å². The van der Waals surface area contributed by atoms with E-state index in [4.69, 9.17) is 8.37 Å². The molecule has 0 saturated heterocycles. The van der Waals surface area contributed by atoms with Crippen molar-refractivity contribution in [2.45, 2.75) is 23.6 Å². The third kappa shape index (κ3) is 4.71. The Morgan fingerprint density at radius 1 is 0.600 bits per heavy atom. The van der Waals surface area contributed by atoms with Gasteiger partial charge in [-0.05, 0) is 83.6 Å². The van der Waals surface area contributed by atoms with Crippen molar-refractivity contribution in [1.29, 1.82) is 10.5 Å².